The third-order valence-electron chi connectivity index (χ3n) is 2.41. The maximum absolute atomic E-state index is 12.7. The van der Waals surface area contributed by atoms with Gasteiger partial charge in [0.15, 0.2) is 0 Å². The average Bonchev–Trinajstić information content (AvgIpc) is 2.36. The van der Waals surface area contributed by atoms with Crippen molar-refractivity contribution in [1.82, 2.24) is 0 Å². The lowest BCUT2D eigenvalue weighted by Crippen LogP contribution is -1.86. The number of aliphatic imine (C=N–C) groups is 1. The number of hydrogen-bond donors (Lipinski definition) is 1. The highest BCUT2D eigenvalue weighted by atomic mass is 79.9. The summed E-state index contributed by atoms with van der Waals surface area (Å²) in [5, 5.41) is 9.61. The van der Waals surface area contributed by atoms with E-state index in [1.807, 2.05) is 0 Å². The molecule has 92 valence electrons. The van der Waals surface area contributed by atoms with Gasteiger partial charge in [-0.1, -0.05) is 28.1 Å². The molecule has 0 saturated heterocycles. The minimum Gasteiger partial charge on any atom is -0.507 e. The molecule has 0 aliphatic carbocycles. The van der Waals surface area contributed by atoms with E-state index < -0.39 is 0 Å². The van der Waals surface area contributed by atoms with Gasteiger partial charge in [0.2, 0.25) is 0 Å². The largest absolute Gasteiger partial charge is 0.507 e. The molecular weight excluding hydrogens is 297 g/mol. The van der Waals surface area contributed by atoms with Gasteiger partial charge in [-0.05, 0) is 35.9 Å². The summed E-state index contributed by atoms with van der Waals surface area (Å²) in [6, 6.07) is 11.3. The fourth-order valence-electron chi connectivity index (χ4n) is 1.47. The van der Waals surface area contributed by atoms with Crippen molar-refractivity contribution in [2.24, 2.45) is 4.99 Å². The van der Waals surface area contributed by atoms with Crippen molar-refractivity contribution in [1.29, 1.82) is 0 Å². The number of hydrogen-bond acceptors (Lipinski definition) is 2. The standard InChI is InChI=1S/C14H11BrFNO/c15-12-3-6-14(18)11(7-12)9-17-8-10-1-4-13(16)5-2-10/h1-7,9,18H,8H2. The molecule has 18 heavy (non-hydrogen) atoms. The third kappa shape index (κ3) is 3.40. The van der Waals surface area contributed by atoms with Crippen LogP contribution in [-0.4, -0.2) is 11.3 Å². The number of benzene rings is 2. The molecule has 1 N–H and O–H groups in total. The van der Waals surface area contributed by atoms with Crippen LogP contribution >= 0.6 is 15.9 Å². The molecule has 2 nitrogen and oxygen atoms in total. The molecule has 0 aliphatic heterocycles. The zero-order valence-corrected chi connectivity index (χ0v) is 11.1. The Hall–Kier alpha value is -1.68. The van der Waals surface area contributed by atoms with Gasteiger partial charge in [-0.25, -0.2) is 4.39 Å². The van der Waals surface area contributed by atoms with Gasteiger partial charge in [-0.2, -0.15) is 0 Å². The van der Waals surface area contributed by atoms with E-state index in [0.717, 1.165) is 10.0 Å². The first kappa shape index (κ1) is 12.8. The topological polar surface area (TPSA) is 32.6 Å². The minimum atomic E-state index is -0.257. The summed E-state index contributed by atoms with van der Waals surface area (Å²) in [5.41, 5.74) is 1.56. The predicted octanol–water partition coefficient (Wildman–Crippen LogP) is 3.91. The molecule has 0 heterocycles. The first-order chi connectivity index (χ1) is 8.65. The molecular formula is C14H11BrFNO. The van der Waals surface area contributed by atoms with Crippen molar-refractivity contribution in [3.05, 3.63) is 63.9 Å². The number of phenolic OH excluding ortho intramolecular Hbond substituents is 1. The van der Waals surface area contributed by atoms with E-state index in [1.54, 1.807) is 36.5 Å². The van der Waals surface area contributed by atoms with Crippen molar-refractivity contribution in [2.75, 3.05) is 0 Å². The first-order valence-electron chi connectivity index (χ1n) is 5.38. The van der Waals surface area contributed by atoms with Gasteiger partial charge >= 0.3 is 0 Å². The highest BCUT2D eigenvalue weighted by Gasteiger charge is 1.98. The average molecular weight is 308 g/mol. The summed E-state index contributed by atoms with van der Waals surface area (Å²) in [6.45, 7) is 0.451. The fourth-order valence-corrected chi connectivity index (χ4v) is 1.85. The Morgan fingerprint density at radius 1 is 1.17 bits per heavy atom. The van der Waals surface area contributed by atoms with Crippen molar-refractivity contribution >= 4 is 22.1 Å². The molecule has 0 bridgehead atoms. The Morgan fingerprint density at radius 2 is 1.89 bits per heavy atom. The van der Waals surface area contributed by atoms with Crippen LogP contribution in [0, 0.1) is 5.82 Å². The maximum Gasteiger partial charge on any atom is 0.124 e. The summed E-state index contributed by atoms with van der Waals surface area (Å²) in [6.07, 6.45) is 1.60. The van der Waals surface area contributed by atoms with Crippen LogP contribution in [0.5, 0.6) is 5.75 Å². The van der Waals surface area contributed by atoms with Gasteiger partial charge < -0.3 is 5.11 Å². The van der Waals surface area contributed by atoms with Crippen molar-refractivity contribution in [3.63, 3.8) is 0 Å². The van der Waals surface area contributed by atoms with Crippen LogP contribution in [0.1, 0.15) is 11.1 Å². The van der Waals surface area contributed by atoms with Crippen LogP contribution in [0.4, 0.5) is 4.39 Å². The summed E-state index contributed by atoms with van der Waals surface area (Å²) in [4.78, 5) is 4.22. The Morgan fingerprint density at radius 3 is 2.61 bits per heavy atom. The van der Waals surface area contributed by atoms with Crippen LogP contribution in [-0.2, 0) is 6.54 Å². The van der Waals surface area contributed by atoms with Crippen LogP contribution in [0.25, 0.3) is 0 Å². The van der Waals surface area contributed by atoms with E-state index in [0.29, 0.717) is 12.1 Å². The van der Waals surface area contributed by atoms with E-state index in [-0.39, 0.29) is 11.6 Å². The lowest BCUT2D eigenvalue weighted by molar-refractivity contribution is 0.474. The number of halogens is 2. The van der Waals surface area contributed by atoms with E-state index in [9.17, 15) is 9.50 Å². The molecule has 0 amide bonds. The van der Waals surface area contributed by atoms with E-state index in [1.165, 1.54) is 12.1 Å². The molecule has 2 aromatic carbocycles. The molecule has 2 aromatic rings. The lowest BCUT2D eigenvalue weighted by Gasteiger charge is -1.99. The molecule has 0 fully saturated rings. The number of aromatic hydroxyl groups is 1. The second kappa shape index (κ2) is 5.78. The number of nitrogens with zero attached hydrogens (tertiary/aromatic N) is 1. The minimum absolute atomic E-state index is 0.182. The highest BCUT2D eigenvalue weighted by Crippen LogP contribution is 2.20. The highest BCUT2D eigenvalue weighted by molar-refractivity contribution is 9.10. The van der Waals surface area contributed by atoms with Crippen LogP contribution in [0.2, 0.25) is 0 Å². The van der Waals surface area contributed by atoms with E-state index >= 15 is 0 Å². The Bertz CT molecular complexity index is 567. The van der Waals surface area contributed by atoms with Gasteiger partial charge in [0.25, 0.3) is 0 Å². The van der Waals surface area contributed by atoms with E-state index in [4.69, 9.17) is 0 Å². The molecule has 0 unspecified atom stereocenters. The summed E-state index contributed by atoms with van der Waals surface area (Å²) >= 11 is 3.33. The van der Waals surface area contributed by atoms with Crippen molar-refractivity contribution < 1.29 is 9.50 Å². The summed E-state index contributed by atoms with van der Waals surface area (Å²) in [5.74, 6) is -0.0755. The first-order valence-corrected chi connectivity index (χ1v) is 6.17. The predicted molar refractivity (Wildman–Crippen MR) is 73.5 cm³/mol. The Balaban J connectivity index is 2.07. The molecule has 0 saturated carbocycles. The van der Waals surface area contributed by atoms with E-state index in [2.05, 4.69) is 20.9 Å². The molecule has 0 atom stereocenters. The second-order valence-corrected chi connectivity index (χ2v) is 4.72. The SMILES string of the molecule is Oc1ccc(Br)cc1C=NCc1ccc(F)cc1. The molecule has 0 aromatic heterocycles. The van der Waals surface area contributed by atoms with Gasteiger partial charge in [0.1, 0.15) is 11.6 Å². The molecule has 0 aliphatic rings. The Kier molecular flexibility index (Phi) is 4.10. The molecule has 0 spiro atoms. The molecule has 0 radical (unpaired) electrons. The molecule has 4 heteroatoms. The van der Waals surface area contributed by atoms with Crippen LogP contribution < -0.4 is 0 Å². The number of rotatable bonds is 3. The quantitative estimate of drug-likeness (QED) is 0.857. The summed E-state index contributed by atoms with van der Waals surface area (Å²) < 4.78 is 13.6. The van der Waals surface area contributed by atoms with Gasteiger partial charge in [0.05, 0.1) is 6.54 Å². The van der Waals surface area contributed by atoms with Gasteiger partial charge in [-0.15, -0.1) is 0 Å². The fraction of sp³-hybridized carbons (Fsp3) is 0.0714. The zero-order chi connectivity index (χ0) is 13.0. The smallest absolute Gasteiger partial charge is 0.124 e. The Labute approximate surface area is 113 Å². The zero-order valence-electron chi connectivity index (χ0n) is 9.48. The molecule has 2 rings (SSSR count). The lowest BCUT2D eigenvalue weighted by atomic mass is 10.2. The van der Waals surface area contributed by atoms with Crippen molar-refractivity contribution in [3.8, 4) is 5.75 Å². The second-order valence-electron chi connectivity index (χ2n) is 3.80. The number of phenols is 1. The maximum atomic E-state index is 12.7. The van der Waals surface area contributed by atoms with Gasteiger partial charge in [0, 0.05) is 16.3 Å². The van der Waals surface area contributed by atoms with Crippen molar-refractivity contribution in [2.45, 2.75) is 6.54 Å². The van der Waals surface area contributed by atoms with Gasteiger partial charge in [-0.3, -0.25) is 4.99 Å². The van der Waals surface area contributed by atoms with Crippen LogP contribution in [0.15, 0.2) is 51.9 Å². The van der Waals surface area contributed by atoms with Crippen LogP contribution in [0.3, 0.4) is 0 Å². The monoisotopic (exact) mass is 307 g/mol. The normalized spacial score (nSPS) is 11.0. The third-order valence-corrected chi connectivity index (χ3v) is 2.90. The summed E-state index contributed by atoms with van der Waals surface area (Å²) in [7, 11) is 0.